The van der Waals surface area contributed by atoms with E-state index >= 15 is 0 Å². The number of aromatic nitrogens is 4. The van der Waals surface area contributed by atoms with Gasteiger partial charge in [0.05, 0.1) is 12.3 Å². The standard InChI is InChI=1S/C14H21N5OS/c1-10(16-11(2)14(8-20)21-3)12-4-6-13(7-5-12)19-9-15-17-18-19/h4-7,9-11,14,16,20H,8H2,1-3H3. The van der Waals surface area contributed by atoms with Crippen LogP contribution in [0.1, 0.15) is 25.5 Å². The van der Waals surface area contributed by atoms with Crippen LogP contribution < -0.4 is 5.32 Å². The second-order valence-corrected chi connectivity index (χ2v) is 6.06. The van der Waals surface area contributed by atoms with E-state index in [2.05, 4.69) is 46.8 Å². The number of hydrogen-bond donors (Lipinski definition) is 2. The Bertz CT molecular complexity index is 527. The van der Waals surface area contributed by atoms with Gasteiger partial charge >= 0.3 is 0 Å². The Morgan fingerprint density at radius 2 is 2.00 bits per heavy atom. The second-order valence-electron chi connectivity index (χ2n) is 4.98. The molecule has 6 nitrogen and oxygen atoms in total. The topological polar surface area (TPSA) is 75.9 Å². The van der Waals surface area contributed by atoms with Gasteiger partial charge in [0.15, 0.2) is 0 Å². The summed E-state index contributed by atoms with van der Waals surface area (Å²) >= 11 is 1.68. The number of thioether (sulfide) groups is 1. The van der Waals surface area contributed by atoms with Crippen LogP contribution in [0.3, 0.4) is 0 Å². The summed E-state index contributed by atoms with van der Waals surface area (Å²) in [6.07, 6.45) is 3.59. The van der Waals surface area contributed by atoms with Crippen LogP contribution in [-0.4, -0.2) is 49.5 Å². The molecule has 114 valence electrons. The van der Waals surface area contributed by atoms with Crippen LogP contribution in [0.25, 0.3) is 5.69 Å². The fourth-order valence-corrected chi connectivity index (χ4v) is 2.87. The van der Waals surface area contributed by atoms with Crippen LogP contribution in [0.4, 0.5) is 0 Å². The molecule has 0 saturated carbocycles. The summed E-state index contributed by atoms with van der Waals surface area (Å²) in [5, 5.41) is 24.2. The van der Waals surface area contributed by atoms with Crippen molar-refractivity contribution in [3.63, 3.8) is 0 Å². The van der Waals surface area contributed by atoms with Crippen LogP contribution >= 0.6 is 11.8 Å². The number of tetrazole rings is 1. The molecule has 0 aliphatic rings. The van der Waals surface area contributed by atoms with E-state index in [-0.39, 0.29) is 23.9 Å². The molecule has 1 aromatic carbocycles. The minimum atomic E-state index is 0.181. The van der Waals surface area contributed by atoms with Crippen molar-refractivity contribution in [3.05, 3.63) is 36.2 Å². The highest BCUT2D eigenvalue weighted by atomic mass is 32.2. The van der Waals surface area contributed by atoms with E-state index < -0.39 is 0 Å². The molecule has 0 saturated heterocycles. The molecule has 21 heavy (non-hydrogen) atoms. The van der Waals surface area contributed by atoms with Crippen LogP contribution in [0.2, 0.25) is 0 Å². The zero-order chi connectivity index (χ0) is 15.2. The highest BCUT2D eigenvalue weighted by Crippen LogP contribution is 2.18. The predicted molar refractivity (Wildman–Crippen MR) is 84.6 cm³/mol. The van der Waals surface area contributed by atoms with Gasteiger partial charge in [-0.3, -0.25) is 0 Å². The number of nitrogens with one attached hydrogen (secondary N) is 1. The van der Waals surface area contributed by atoms with Gasteiger partial charge in [-0.2, -0.15) is 11.8 Å². The van der Waals surface area contributed by atoms with Gasteiger partial charge in [0.25, 0.3) is 0 Å². The zero-order valence-corrected chi connectivity index (χ0v) is 13.3. The number of hydrogen-bond acceptors (Lipinski definition) is 6. The molecule has 0 bridgehead atoms. The average molecular weight is 307 g/mol. The number of nitrogens with zero attached hydrogens (tertiary/aromatic N) is 4. The van der Waals surface area contributed by atoms with Gasteiger partial charge in [0.2, 0.25) is 0 Å². The summed E-state index contributed by atoms with van der Waals surface area (Å²) in [5.74, 6) is 0. The van der Waals surface area contributed by atoms with Crippen molar-refractivity contribution in [3.8, 4) is 5.69 Å². The second kappa shape index (κ2) is 7.53. The number of aliphatic hydroxyl groups is 1. The molecule has 1 aromatic heterocycles. The Morgan fingerprint density at radius 3 is 2.52 bits per heavy atom. The Balaban J connectivity index is 2.01. The maximum absolute atomic E-state index is 9.34. The number of benzene rings is 1. The highest BCUT2D eigenvalue weighted by Gasteiger charge is 2.17. The SMILES string of the molecule is CSC(CO)C(C)NC(C)c1ccc(-n2cnnn2)cc1. The van der Waals surface area contributed by atoms with Crippen molar-refractivity contribution < 1.29 is 5.11 Å². The fourth-order valence-electron chi connectivity index (χ4n) is 2.23. The molecular weight excluding hydrogens is 286 g/mol. The quantitative estimate of drug-likeness (QED) is 0.806. The third kappa shape index (κ3) is 4.03. The van der Waals surface area contributed by atoms with Gasteiger partial charge in [-0.15, -0.1) is 5.10 Å². The first-order chi connectivity index (χ1) is 10.2. The molecule has 0 spiro atoms. The van der Waals surface area contributed by atoms with E-state index in [0.29, 0.717) is 0 Å². The van der Waals surface area contributed by atoms with E-state index in [1.807, 2.05) is 18.4 Å². The molecule has 0 radical (unpaired) electrons. The molecule has 2 rings (SSSR count). The summed E-state index contributed by atoms with van der Waals surface area (Å²) in [4.78, 5) is 0. The van der Waals surface area contributed by atoms with Gasteiger partial charge in [0, 0.05) is 17.3 Å². The summed E-state index contributed by atoms with van der Waals surface area (Å²) in [6, 6.07) is 8.56. The normalized spacial score (nSPS) is 15.6. The molecule has 2 aromatic rings. The van der Waals surface area contributed by atoms with Gasteiger partial charge < -0.3 is 10.4 Å². The Hall–Kier alpha value is -1.44. The van der Waals surface area contributed by atoms with Gasteiger partial charge in [-0.1, -0.05) is 12.1 Å². The molecule has 0 aliphatic heterocycles. The van der Waals surface area contributed by atoms with Crippen molar-refractivity contribution >= 4 is 11.8 Å². The lowest BCUT2D eigenvalue weighted by molar-refractivity contribution is 0.272. The van der Waals surface area contributed by atoms with Gasteiger partial charge in [-0.05, 0) is 48.2 Å². The van der Waals surface area contributed by atoms with Crippen molar-refractivity contribution in [2.24, 2.45) is 0 Å². The maximum Gasteiger partial charge on any atom is 0.143 e. The van der Waals surface area contributed by atoms with E-state index in [1.54, 1.807) is 22.8 Å². The van der Waals surface area contributed by atoms with Crippen molar-refractivity contribution in [2.45, 2.75) is 31.2 Å². The minimum Gasteiger partial charge on any atom is -0.395 e. The number of aliphatic hydroxyl groups excluding tert-OH is 1. The van der Waals surface area contributed by atoms with E-state index in [4.69, 9.17) is 0 Å². The summed E-state index contributed by atoms with van der Waals surface area (Å²) in [7, 11) is 0. The van der Waals surface area contributed by atoms with Crippen molar-refractivity contribution in [2.75, 3.05) is 12.9 Å². The Kier molecular flexibility index (Phi) is 5.72. The molecule has 3 atom stereocenters. The zero-order valence-electron chi connectivity index (χ0n) is 12.5. The predicted octanol–water partition coefficient (Wildman–Crippen LogP) is 1.43. The van der Waals surface area contributed by atoms with Crippen LogP contribution in [0, 0.1) is 0 Å². The molecular formula is C14H21N5OS. The molecule has 2 N–H and O–H groups in total. The van der Waals surface area contributed by atoms with Crippen molar-refractivity contribution in [1.82, 2.24) is 25.5 Å². The number of rotatable bonds is 7. The fraction of sp³-hybridized carbons (Fsp3) is 0.500. The maximum atomic E-state index is 9.34. The van der Waals surface area contributed by atoms with E-state index in [1.165, 1.54) is 5.56 Å². The Labute approximate surface area is 128 Å². The molecule has 1 heterocycles. The molecule has 0 fully saturated rings. The molecule has 3 unspecified atom stereocenters. The summed E-state index contributed by atoms with van der Waals surface area (Å²) < 4.78 is 1.63. The molecule has 0 amide bonds. The first kappa shape index (κ1) is 15.9. The minimum absolute atomic E-state index is 0.181. The largest absolute Gasteiger partial charge is 0.395 e. The van der Waals surface area contributed by atoms with Crippen LogP contribution in [0.15, 0.2) is 30.6 Å². The third-order valence-electron chi connectivity index (χ3n) is 3.56. The monoisotopic (exact) mass is 307 g/mol. The van der Waals surface area contributed by atoms with Crippen molar-refractivity contribution in [1.29, 1.82) is 0 Å². The molecule has 0 aliphatic carbocycles. The first-order valence-electron chi connectivity index (χ1n) is 6.88. The van der Waals surface area contributed by atoms with E-state index in [9.17, 15) is 5.11 Å². The van der Waals surface area contributed by atoms with Crippen LogP contribution in [-0.2, 0) is 0 Å². The lowest BCUT2D eigenvalue weighted by atomic mass is 10.1. The Morgan fingerprint density at radius 1 is 1.29 bits per heavy atom. The van der Waals surface area contributed by atoms with Gasteiger partial charge in [-0.25, -0.2) is 4.68 Å². The smallest absolute Gasteiger partial charge is 0.143 e. The average Bonchev–Trinajstić information content (AvgIpc) is 3.03. The highest BCUT2D eigenvalue weighted by molar-refractivity contribution is 7.99. The van der Waals surface area contributed by atoms with E-state index in [0.717, 1.165) is 5.69 Å². The lowest BCUT2D eigenvalue weighted by Gasteiger charge is -2.25. The summed E-state index contributed by atoms with van der Waals surface area (Å²) in [5.41, 5.74) is 2.12. The van der Waals surface area contributed by atoms with Gasteiger partial charge in [0.1, 0.15) is 6.33 Å². The molecule has 7 heteroatoms. The third-order valence-corrected chi connectivity index (χ3v) is 4.72. The summed E-state index contributed by atoms with van der Waals surface area (Å²) in [6.45, 7) is 4.40. The van der Waals surface area contributed by atoms with Crippen LogP contribution in [0.5, 0.6) is 0 Å². The lowest BCUT2D eigenvalue weighted by Crippen LogP contribution is -2.38. The first-order valence-corrected chi connectivity index (χ1v) is 8.17.